The number of ether oxygens (including phenoxy) is 4. The molecule has 0 aliphatic heterocycles. The van der Waals surface area contributed by atoms with Crippen molar-refractivity contribution in [3.63, 3.8) is 0 Å². The fourth-order valence-electron chi connectivity index (χ4n) is 5.61. The number of nitrogens with one attached hydrogen (secondary N) is 1. The largest absolute Gasteiger partial charge is 0.496 e. The van der Waals surface area contributed by atoms with Crippen molar-refractivity contribution in [2.45, 2.75) is 45.3 Å². The summed E-state index contributed by atoms with van der Waals surface area (Å²) in [7, 11) is 2.67. The van der Waals surface area contributed by atoms with Crippen molar-refractivity contribution in [2.75, 3.05) is 19.5 Å². The van der Waals surface area contributed by atoms with Gasteiger partial charge in [-0.25, -0.2) is 4.79 Å². The Morgan fingerprint density at radius 1 is 0.889 bits per heavy atom. The Bertz CT molecular complexity index is 1780. The molecule has 230 valence electrons. The first-order valence-corrected chi connectivity index (χ1v) is 14.7. The molecule has 1 aliphatic carbocycles. The van der Waals surface area contributed by atoms with Crippen molar-refractivity contribution in [1.82, 2.24) is 0 Å². The second-order valence-electron chi connectivity index (χ2n) is 11.0. The third kappa shape index (κ3) is 7.07. The predicted molar refractivity (Wildman–Crippen MR) is 168 cm³/mol. The van der Waals surface area contributed by atoms with Crippen LogP contribution in [0.2, 0.25) is 0 Å². The average molecular weight is 607 g/mol. The SMILES string of the molecule is COC(=O)c1ccc(C)cc1NC(=O)c1cc(OC2CCC(C(=O)OCc3cccc4ccccc34)CC2)c(C#N)cc1OC. The summed E-state index contributed by atoms with van der Waals surface area (Å²) in [5.41, 5.74) is 2.63. The molecular weight excluding hydrogens is 572 g/mol. The van der Waals surface area contributed by atoms with Gasteiger partial charge in [0.2, 0.25) is 0 Å². The molecule has 9 heteroatoms. The Morgan fingerprint density at radius 2 is 1.64 bits per heavy atom. The molecule has 1 amide bonds. The minimum absolute atomic E-state index is 0.134. The highest BCUT2D eigenvalue weighted by Gasteiger charge is 2.30. The Labute approximate surface area is 261 Å². The highest BCUT2D eigenvalue weighted by Crippen LogP contribution is 2.34. The van der Waals surface area contributed by atoms with Crippen LogP contribution < -0.4 is 14.8 Å². The van der Waals surface area contributed by atoms with Crippen LogP contribution in [0.4, 0.5) is 5.69 Å². The van der Waals surface area contributed by atoms with Crippen molar-refractivity contribution in [3.8, 4) is 17.6 Å². The molecule has 45 heavy (non-hydrogen) atoms. The Balaban J connectivity index is 1.25. The van der Waals surface area contributed by atoms with Crippen molar-refractivity contribution in [2.24, 2.45) is 5.92 Å². The average Bonchev–Trinajstić information content (AvgIpc) is 3.07. The van der Waals surface area contributed by atoms with Crippen LogP contribution in [0, 0.1) is 24.2 Å². The molecule has 4 aromatic carbocycles. The van der Waals surface area contributed by atoms with E-state index in [0.29, 0.717) is 25.7 Å². The van der Waals surface area contributed by atoms with E-state index < -0.39 is 11.9 Å². The van der Waals surface area contributed by atoms with Crippen molar-refractivity contribution >= 4 is 34.3 Å². The molecule has 1 saturated carbocycles. The van der Waals surface area contributed by atoms with Crippen LogP contribution in [0.15, 0.2) is 72.8 Å². The third-order valence-electron chi connectivity index (χ3n) is 8.05. The van der Waals surface area contributed by atoms with Gasteiger partial charge in [0, 0.05) is 6.07 Å². The molecule has 0 spiro atoms. The zero-order valence-electron chi connectivity index (χ0n) is 25.4. The number of benzene rings is 4. The number of hydrogen-bond donors (Lipinski definition) is 1. The first-order valence-electron chi connectivity index (χ1n) is 14.7. The number of hydrogen-bond acceptors (Lipinski definition) is 8. The molecule has 0 bridgehead atoms. The normalized spacial score (nSPS) is 15.9. The standard InChI is InChI=1S/C36H34N2O7/c1-22-11-16-29(36(41)43-3)31(17-22)38-34(39)30-19-32(26(20-37)18-33(30)42-2)45-27-14-12-24(13-15-27)35(40)44-21-25-9-6-8-23-7-4-5-10-28(23)25/h4-11,16-19,24,27H,12-15,21H2,1-3H3,(H,38,39). The number of nitriles is 1. The van der Waals surface area contributed by atoms with Gasteiger partial charge in [0.15, 0.2) is 0 Å². The minimum atomic E-state index is -0.589. The minimum Gasteiger partial charge on any atom is -0.496 e. The number of aryl methyl sites for hydroxylation is 1. The van der Waals surface area contributed by atoms with E-state index in [2.05, 4.69) is 11.4 Å². The maximum atomic E-state index is 13.4. The Morgan fingerprint density at radius 3 is 2.38 bits per heavy atom. The van der Waals surface area contributed by atoms with Crippen molar-refractivity contribution in [3.05, 3.63) is 101 Å². The monoisotopic (exact) mass is 606 g/mol. The number of nitrogens with zero attached hydrogens (tertiary/aromatic N) is 1. The van der Waals surface area contributed by atoms with Gasteiger partial charge < -0.3 is 24.3 Å². The summed E-state index contributed by atoms with van der Waals surface area (Å²) >= 11 is 0. The molecule has 0 radical (unpaired) electrons. The first kappa shape index (κ1) is 31.1. The second kappa shape index (κ2) is 14.0. The number of amides is 1. The summed E-state index contributed by atoms with van der Waals surface area (Å²) in [6, 6.07) is 24.0. The molecule has 1 aliphatic rings. The van der Waals surface area contributed by atoms with Crippen molar-refractivity contribution in [1.29, 1.82) is 5.26 Å². The van der Waals surface area contributed by atoms with E-state index in [-0.39, 0.29) is 58.5 Å². The number of fused-ring (bicyclic) bond motifs is 1. The predicted octanol–water partition coefficient (Wildman–Crippen LogP) is 6.75. The first-order chi connectivity index (χ1) is 21.8. The van der Waals surface area contributed by atoms with E-state index in [1.165, 1.54) is 26.4 Å². The molecule has 0 unspecified atom stereocenters. The highest BCUT2D eigenvalue weighted by molar-refractivity contribution is 6.09. The molecule has 9 nitrogen and oxygen atoms in total. The zero-order valence-corrected chi connectivity index (χ0v) is 25.4. The summed E-state index contributed by atoms with van der Waals surface area (Å²) < 4.78 is 22.2. The van der Waals surface area contributed by atoms with E-state index in [0.717, 1.165) is 21.9 Å². The van der Waals surface area contributed by atoms with Crippen LogP contribution in [0.25, 0.3) is 10.8 Å². The van der Waals surface area contributed by atoms with E-state index in [4.69, 9.17) is 18.9 Å². The Kier molecular flexibility index (Phi) is 9.64. The fraction of sp³-hybridized carbons (Fsp3) is 0.278. The topological polar surface area (TPSA) is 124 Å². The lowest BCUT2D eigenvalue weighted by molar-refractivity contribution is -0.151. The maximum Gasteiger partial charge on any atom is 0.339 e. The molecule has 0 aromatic heterocycles. The summed E-state index contributed by atoms with van der Waals surface area (Å²) in [4.78, 5) is 38.6. The lowest BCUT2D eigenvalue weighted by Gasteiger charge is -2.28. The van der Waals surface area contributed by atoms with E-state index in [1.807, 2.05) is 49.4 Å². The second-order valence-corrected chi connectivity index (χ2v) is 11.0. The van der Waals surface area contributed by atoms with Crippen LogP contribution in [0.5, 0.6) is 11.5 Å². The van der Waals surface area contributed by atoms with Gasteiger partial charge in [-0.15, -0.1) is 0 Å². The molecular formula is C36H34N2O7. The van der Waals surface area contributed by atoms with Gasteiger partial charge in [-0.1, -0.05) is 48.5 Å². The van der Waals surface area contributed by atoms with Gasteiger partial charge in [0.05, 0.1) is 48.6 Å². The lowest BCUT2D eigenvalue weighted by Crippen LogP contribution is -2.29. The Hall–Kier alpha value is -5.36. The number of esters is 2. The molecule has 0 saturated heterocycles. The van der Waals surface area contributed by atoms with Crippen LogP contribution in [-0.2, 0) is 20.9 Å². The van der Waals surface area contributed by atoms with Crippen LogP contribution in [0.3, 0.4) is 0 Å². The molecule has 1 N–H and O–H groups in total. The van der Waals surface area contributed by atoms with Crippen LogP contribution >= 0.6 is 0 Å². The number of rotatable bonds is 9. The van der Waals surface area contributed by atoms with Gasteiger partial charge in [-0.3, -0.25) is 9.59 Å². The van der Waals surface area contributed by atoms with Gasteiger partial charge in [-0.2, -0.15) is 5.26 Å². The zero-order chi connectivity index (χ0) is 31.9. The van der Waals surface area contributed by atoms with E-state index in [1.54, 1.807) is 18.2 Å². The molecule has 5 rings (SSSR count). The maximum absolute atomic E-state index is 13.4. The van der Waals surface area contributed by atoms with Crippen LogP contribution in [-0.4, -0.2) is 38.2 Å². The van der Waals surface area contributed by atoms with Gasteiger partial charge in [0.25, 0.3) is 5.91 Å². The molecule has 0 heterocycles. The molecule has 1 fully saturated rings. The summed E-state index contributed by atoms with van der Waals surface area (Å²) in [5.74, 6) is -1.19. The highest BCUT2D eigenvalue weighted by atomic mass is 16.5. The number of carbonyl (C=O) groups is 3. The molecule has 4 aromatic rings. The van der Waals surface area contributed by atoms with Crippen molar-refractivity contribution < 1.29 is 33.3 Å². The summed E-state index contributed by atoms with van der Waals surface area (Å²) in [5, 5.41) is 14.8. The van der Waals surface area contributed by atoms with Gasteiger partial charge in [0.1, 0.15) is 24.2 Å². The smallest absolute Gasteiger partial charge is 0.339 e. The van der Waals surface area contributed by atoms with Gasteiger partial charge >= 0.3 is 11.9 Å². The van der Waals surface area contributed by atoms with Gasteiger partial charge in [-0.05, 0) is 72.7 Å². The fourth-order valence-corrected chi connectivity index (χ4v) is 5.61. The lowest BCUT2D eigenvalue weighted by atomic mass is 9.87. The quantitative estimate of drug-likeness (QED) is 0.208. The number of carbonyl (C=O) groups excluding carboxylic acids is 3. The van der Waals surface area contributed by atoms with E-state index in [9.17, 15) is 19.6 Å². The number of anilines is 1. The molecule has 0 atom stereocenters. The summed E-state index contributed by atoms with van der Waals surface area (Å²) in [6.45, 7) is 2.05. The third-order valence-corrected chi connectivity index (χ3v) is 8.05. The van der Waals surface area contributed by atoms with E-state index >= 15 is 0 Å². The number of methoxy groups -OCH3 is 2. The van der Waals surface area contributed by atoms with Crippen LogP contribution in [0.1, 0.15) is 63.1 Å². The summed E-state index contributed by atoms with van der Waals surface area (Å²) in [6.07, 6.45) is 2.06.